The zero-order chi connectivity index (χ0) is 15.7. The highest BCUT2D eigenvalue weighted by Crippen LogP contribution is 2.17. The van der Waals surface area contributed by atoms with Crippen molar-refractivity contribution in [2.75, 3.05) is 25.1 Å². The topological polar surface area (TPSA) is 36.4 Å². The molecule has 0 bridgehead atoms. The second-order valence-corrected chi connectivity index (χ2v) is 5.62. The zero-order valence-corrected chi connectivity index (χ0v) is 13.6. The molecule has 0 fully saturated rings. The van der Waals surface area contributed by atoms with Crippen LogP contribution < -0.4 is 10.6 Å². The lowest BCUT2D eigenvalue weighted by molar-refractivity contribution is 0.551. The van der Waals surface area contributed by atoms with Gasteiger partial charge in [-0.1, -0.05) is 6.07 Å². The fourth-order valence-electron chi connectivity index (χ4n) is 1.86. The van der Waals surface area contributed by atoms with Crippen molar-refractivity contribution in [3.8, 4) is 0 Å². The van der Waals surface area contributed by atoms with Gasteiger partial charge in [-0.25, -0.2) is 8.78 Å². The number of hydrogen-bond acceptors (Lipinski definition) is 2. The van der Waals surface area contributed by atoms with E-state index in [1.165, 1.54) is 12.1 Å². The Bertz CT molecular complexity index is 466. The number of hydrogen-bond donors (Lipinski definition) is 2. The first-order chi connectivity index (χ1) is 10.1. The minimum atomic E-state index is -0.568. The third-order valence-corrected chi connectivity index (χ3v) is 3.60. The molecule has 0 radical (unpaired) electrons. The molecule has 118 valence electrons. The monoisotopic (exact) mass is 315 g/mol. The minimum absolute atomic E-state index is 0.288. The molecule has 0 heterocycles. The normalized spacial score (nSPS) is 13.1. The minimum Gasteiger partial charge on any atom is -0.357 e. The number of aliphatic imine (C=N–C) groups is 1. The number of guanidine groups is 1. The first-order valence-electron chi connectivity index (χ1n) is 7.07. The second-order valence-electron chi connectivity index (χ2n) is 4.64. The third-order valence-electron chi connectivity index (χ3n) is 2.90. The molecule has 1 aromatic carbocycles. The van der Waals surface area contributed by atoms with Crippen LogP contribution >= 0.6 is 11.8 Å². The molecule has 0 saturated carbocycles. The van der Waals surface area contributed by atoms with Crippen LogP contribution in [0.3, 0.4) is 0 Å². The molecule has 1 aromatic rings. The van der Waals surface area contributed by atoms with Crippen molar-refractivity contribution < 1.29 is 8.78 Å². The Hall–Kier alpha value is -1.30. The summed E-state index contributed by atoms with van der Waals surface area (Å²) in [6, 6.07) is 3.33. The summed E-state index contributed by atoms with van der Waals surface area (Å²) >= 11 is 1.79. The second kappa shape index (κ2) is 9.60. The van der Waals surface area contributed by atoms with Gasteiger partial charge in [0.2, 0.25) is 0 Å². The maximum atomic E-state index is 13.7. The van der Waals surface area contributed by atoms with Gasteiger partial charge in [-0.05, 0) is 38.3 Å². The highest BCUT2D eigenvalue weighted by atomic mass is 32.2. The lowest BCUT2D eigenvalue weighted by Crippen LogP contribution is -2.39. The molecule has 0 amide bonds. The molecule has 1 atom stereocenters. The smallest absolute Gasteiger partial charge is 0.191 e. The SMILES string of the molecule is CCNC(=NCCCSC)NC(C)c1ccc(F)cc1F. The average Bonchev–Trinajstić information content (AvgIpc) is 2.43. The molecule has 0 aliphatic carbocycles. The van der Waals surface area contributed by atoms with Crippen LogP contribution in [0.2, 0.25) is 0 Å². The number of benzene rings is 1. The van der Waals surface area contributed by atoms with Crippen LogP contribution in [-0.4, -0.2) is 31.1 Å². The summed E-state index contributed by atoms with van der Waals surface area (Å²) in [4.78, 5) is 4.45. The fraction of sp³-hybridized carbons (Fsp3) is 0.533. The summed E-state index contributed by atoms with van der Waals surface area (Å²) in [6.07, 6.45) is 3.06. The van der Waals surface area contributed by atoms with Crippen LogP contribution in [0.1, 0.15) is 31.9 Å². The van der Waals surface area contributed by atoms with Gasteiger partial charge in [0, 0.05) is 24.7 Å². The Morgan fingerprint density at radius 2 is 2.14 bits per heavy atom. The van der Waals surface area contributed by atoms with E-state index in [0.29, 0.717) is 11.5 Å². The average molecular weight is 315 g/mol. The quantitative estimate of drug-likeness (QED) is 0.460. The lowest BCUT2D eigenvalue weighted by Gasteiger charge is -2.18. The van der Waals surface area contributed by atoms with Crippen molar-refractivity contribution in [3.63, 3.8) is 0 Å². The van der Waals surface area contributed by atoms with Crippen LogP contribution in [-0.2, 0) is 0 Å². The summed E-state index contributed by atoms with van der Waals surface area (Å²) in [5.41, 5.74) is 0.422. The van der Waals surface area contributed by atoms with E-state index in [1.54, 1.807) is 11.8 Å². The van der Waals surface area contributed by atoms with Crippen LogP contribution in [0, 0.1) is 11.6 Å². The van der Waals surface area contributed by atoms with Crippen LogP contribution in [0.25, 0.3) is 0 Å². The molecule has 1 unspecified atom stereocenters. The predicted octanol–water partition coefficient (Wildman–Crippen LogP) is 3.33. The van der Waals surface area contributed by atoms with Crippen LogP contribution in [0.4, 0.5) is 8.78 Å². The van der Waals surface area contributed by atoms with E-state index in [0.717, 1.165) is 31.3 Å². The van der Waals surface area contributed by atoms with E-state index in [1.807, 2.05) is 13.8 Å². The van der Waals surface area contributed by atoms with Gasteiger partial charge in [0.15, 0.2) is 5.96 Å². The number of halogens is 2. The Labute approximate surface area is 129 Å². The molecule has 21 heavy (non-hydrogen) atoms. The number of nitrogens with one attached hydrogen (secondary N) is 2. The Balaban J connectivity index is 2.68. The molecule has 0 aromatic heterocycles. The molecule has 0 aliphatic heterocycles. The first kappa shape index (κ1) is 17.8. The van der Waals surface area contributed by atoms with Gasteiger partial charge in [0.05, 0.1) is 6.04 Å². The fourth-order valence-corrected chi connectivity index (χ4v) is 2.27. The van der Waals surface area contributed by atoms with Crippen molar-refractivity contribution in [1.82, 2.24) is 10.6 Å². The van der Waals surface area contributed by atoms with Gasteiger partial charge in [0.25, 0.3) is 0 Å². The van der Waals surface area contributed by atoms with Crippen molar-refractivity contribution >= 4 is 17.7 Å². The van der Waals surface area contributed by atoms with Crippen molar-refractivity contribution in [3.05, 3.63) is 35.4 Å². The molecular formula is C15H23F2N3S. The Morgan fingerprint density at radius 1 is 1.38 bits per heavy atom. The number of thioether (sulfide) groups is 1. The summed E-state index contributed by atoms with van der Waals surface area (Å²) in [6.45, 7) is 5.25. The summed E-state index contributed by atoms with van der Waals surface area (Å²) in [7, 11) is 0. The third kappa shape index (κ3) is 6.33. The molecule has 6 heteroatoms. The van der Waals surface area contributed by atoms with Crippen molar-refractivity contribution in [2.24, 2.45) is 4.99 Å². The Kier molecular flexibility index (Phi) is 8.12. The summed E-state index contributed by atoms with van der Waals surface area (Å²) < 4.78 is 26.7. The highest BCUT2D eigenvalue weighted by molar-refractivity contribution is 7.98. The van der Waals surface area contributed by atoms with Gasteiger partial charge in [-0.2, -0.15) is 11.8 Å². The van der Waals surface area contributed by atoms with Gasteiger partial charge in [-0.3, -0.25) is 4.99 Å². The first-order valence-corrected chi connectivity index (χ1v) is 8.46. The molecule has 0 spiro atoms. The van der Waals surface area contributed by atoms with E-state index >= 15 is 0 Å². The number of nitrogens with zero attached hydrogens (tertiary/aromatic N) is 1. The number of rotatable bonds is 7. The Morgan fingerprint density at radius 3 is 2.76 bits per heavy atom. The molecule has 0 saturated heterocycles. The van der Waals surface area contributed by atoms with E-state index in [2.05, 4.69) is 21.9 Å². The van der Waals surface area contributed by atoms with Gasteiger partial charge in [0.1, 0.15) is 11.6 Å². The maximum absolute atomic E-state index is 13.7. The zero-order valence-electron chi connectivity index (χ0n) is 12.7. The molecular weight excluding hydrogens is 292 g/mol. The lowest BCUT2D eigenvalue weighted by atomic mass is 10.1. The molecule has 3 nitrogen and oxygen atoms in total. The highest BCUT2D eigenvalue weighted by Gasteiger charge is 2.13. The standard InChI is InChI=1S/C15H23F2N3S/c1-4-18-15(19-8-5-9-21-3)20-11(2)13-7-6-12(16)10-14(13)17/h6-7,10-11H,4-5,8-9H2,1-3H3,(H2,18,19,20). The maximum Gasteiger partial charge on any atom is 0.191 e. The van der Waals surface area contributed by atoms with Crippen molar-refractivity contribution in [2.45, 2.75) is 26.3 Å². The van der Waals surface area contributed by atoms with E-state index in [9.17, 15) is 8.78 Å². The van der Waals surface area contributed by atoms with E-state index in [4.69, 9.17) is 0 Å². The van der Waals surface area contributed by atoms with E-state index < -0.39 is 11.6 Å². The van der Waals surface area contributed by atoms with E-state index in [-0.39, 0.29) is 6.04 Å². The largest absolute Gasteiger partial charge is 0.357 e. The van der Waals surface area contributed by atoms with Gasteiger partial charge >= 0.3 is 0 Å². The molecule has 0 aliphatic rings. The molecule has 2 N–H and O–H groups in total. The molecule has 1 rings (SSSR count). The summed E-state index contributed by atoms with van der Waals surface area (Å²) in [5, 5.41) is 6.27. The summed E-state index contributed by atoms with van der Waals surface area (Å²) in [5.74, 6) is 0.592. The predicted molar refractivity (Wildman–Crippen MR) is 86.9 cm³/mol. The van der Waals surface area contributed by atoms with Crippen LogP contribution in [0.5, 0.6) is 0 Å². The van der Waals surface area contributed by atoms with Crippen LogP contribution in [0.15, 0.2) is 23.2 Å². The van der Waals surface area contributed by atoms with Crippen molar-refractivity contribution in [1.29, 1.82) is 0 Å². The van der Waals surface area contributed by atoms with Gasteiger partial charge in [-0.15, -0.1) is 0 Å². The van der Waals surface area contributed by atoms with Gasteiger partial charge < -0.3 is 10.6 Å².